The standard InChI is InChI=1S/C8H18OSi/c1-6-8(7-2)9-10(3,4)5/h6,8H,1,7H2,2-5H3/t8-/m0/s1. The summed E-state index contributed by atoms with van der Waals surface area (Å²) in [5.74, 6) is 0. The van der Waals surface area contributed by atoms with E-state index >= 15 is 0 Å². The second-order valence-corrected chi connectivity index (χ2v) is 7.87. The van der Waals surface area contributed by atoms with Crippen LogP contribution >= 0.6 is 0 Å². The van der Waals surface area contributed by atoms with Crippen LogP contribution in [-0.2, 0) is 4.43 Å². The van der Waals surface area contributed by atoms with E-state index in [9.17, 15) is 0 Å². The first kappa shape index (κ1) is 9.92. The zero-order chi connectivity index (χ0) is 8.20. The van der Waals surface area contributed by atoms with Crippen LogP contribution in [0.2, 0.25) is 19.6 Å². The molecule has 0 aromatic heterocycles. The third kappa shape index (κ3) is 4.76. The SMILES string of the molecule is C=C[C@@H](CC)O[Si](C)(C)C. The highest BCUT2D eigenvalue weighted by Gasteiger charge is 2.17. The summed E-state index contributed by atoms with van der Waals surface area (Å²) in [5, 5.41) is 0. The highest BCUT2D eigenvalue weighted by molar-refractivity contribution is 6.69. The van der Waals surface area contributed by atoms with Gasteiger partial charge >= 0.3 is 0 Å². The van der Waals surface area contributed by atoms with Gasteiger partial charge in [-0.15, -0.1) is 6.58 Å². The molecule has 10 heavy (non-hydrogen) atoms. The smallest absolute Gasteiger partial charge is 0.184 e. The molecule has 1 nitrogen and oxygen atoms in total. The van der Waals surface area contributed by atoms with E-state index in [0.29, 0.717) is 0 Å². The minimum atomic E-state index is -1.33. The summed E-state index contributed by atoms with van der Waals surface area (Å²) < 4.78 is 5.76. The molecule has 0 N–H and O–H groups in total. The molecule has 0 aliphatic heterocycles. The lowest BCUT2D eigenvalue weighted by molar-refractivity contribution is 0.238. The maximum atomic E-state index is 5.76. The minimum Gasteiger partial charge on any atom is -0.411 e. The van der Waals surface area contributed by atoms with Gasteiger partial charge < -0.3 is 4.43 Å². The maximum absolute atomic E-state index is 5.76. The molecule has 0 aliphatic carbocycles. The molecule has 60 valence electrons. The van der Waals surface area contributed by atoms with Gasteiger partial charge in [-0.3, -0.25) is 0 Å². The quantitative estimate of drug-likeness (QED) is 0.451. The zero-order valence-electron chi connectivity index (χ0n) is 7.48. The molecule has 0 amide bonds. The monoisotopic (exact) mass is 158 g/mol. The van der Waals surface area contributed by atoms with Crippen molar-refractivity contribution < 1.29 is 4.43 Å². The Balaban J connectivity index is 3.74. The molecule has 0 aliphatic rings. The summed E-state index contributed by atoms with van der Waals surface area (Å²) in [6.45, 7) is 12.4. The van der Waals surface area contributed by atoms with Crippen molar-refractivity contribution in [2.45, 2.75) is 39.1 Å². The van der Waals surface area contributed by atoms with Crippen LogP contribution in [0.5, 0.6) is 0 Å². The fraction of sp³-hybridized carbons (Fsp3) is 0.750. The number of hydrogen-bond acceptors (Lipinski definition) is 1. The fourth-order valence-electron chi connectivity index (χ4n) is 0.752. The summed E-state index contributed by atoms with van der Waals surface area (Å²) in [5.41, 5.74) is 0. The first-order chi connectivity index (χ1) is 4.49. The van der Waals surface area contributed by atoms with E-state index in [2.05, 4.69) is 33.1 Å². The van der Waals surface area contributed by atoms with Gasteiger partial charge in [0.25, 0.3) is 0 Å². The number of hydrogen-bond donors (Lipinski definition) is 0. The van der Waals surface area contributed by atoms with E-state index in [1.807, 2.05) is 6.08 Å². The van der Waals surface area contributed by atoms with Crippen LogP contribution in [0.3, 0.4) is 0 Å². The average molecular weight is 158 g/mol. The van der Waals surface area contributed by atoms with Gasteiger partial charge in [0, 0.05) is 0 Å². The van der Waals surface area contributed by atoms with Gasteiger partial charge in [0.15, 0.2) is 8.32 Å². The molecule has 1 atom stereocenters. The highest BCUT2D eigenvalue weighted by Crippen LogP contribution is 2.09. The first-order valence-corrected chi connectivity index (χ1v) is 7.21. The van der Waals surface area contributed by atoms with Gasteiger partial charge in [-0.25, -0.2) is 0 Å². The molecule has 0 heterocycles. The third-order valence-electron chi connectivity index (χ3n) is 1.17. The maximum Gasteiger partial charge on any atom is 0.184 e. The Kier molecular flexibility index (Phi) is 3.90. The topological polar surface area (TPSA) is 9.23 Å². The molecule has 0 saturated carbocycles. The van der Waals surface area contributed by atoms with E-state index in [1.165, 1.54) is 0 Å². The summed E-state index contributed by atoms with van der Waals surface area (Å²) in [4.78, 5) is 0. The summed E-state index contributed by atoms with van der Waals surface area (Å²) >= 11 is 0. The molecule has 0 radical (unpaired) electrons. The molecule has 0 bridgehead atoms. The molecule has 2 heteroatoms. The normalized spacial score (nSPS) is 14.8. The second kappa shape index (κ2) is 3.94. The van der Waals surface area contributed by atoms with Crippen molar-refractivity contribution in [2.75, 3.05) is 0 Å². The van der Waals surface area contributed by atoms with Crippen LogP contribution in [0.1, 0.15) is 13.3 Å². The van der Waals surface area contributed by atoms with Gasteiger partial charge in [-0.2, -0.15) is 0 Å². The molecule has 0 aromatic carbocycles. The zero-order valence-corrected chi connectivity index (χ0v) is 8.48. The number of rotatable bonds is 4. The molecule has 0 saturated heterocycles. The van der Waals surface area contributed by atoms with Gasteiger partial charge in [0.1, 0.15) is 0 Å². The highest BCUT2D eigenvalue weighted by atomic mass is 28.4. The molecule has 0 fully saturated rings. The molecule has 0 unspecified atom stereocenters. The predicted molar refractivity (Wildman–Crippen MR) is 48.7 cm³/mol. The lowest BCUT2D eigenvalue weighted by Crippen LogP contribution is -2.30. The van der Waals surface area contributed by atoms with E-state index < -0.39 is 8.32 Å². The van der Waals surface area contributed by atoms with Crippen molar-refractivity contribution in [3.05, 3.63) is 12.7 Å². The Bertz CT molecular complexity index is 104. The van der Waals surface area contributed by atoms with Crippen molar-refractivity contribution in [2.24, 2.45) is 0 Å². The average Bonchev–Trinajstić information content (AvgIpc) is 1.81. The van der Waals surface area contributed by atoms with Crippen molar-refractivity contribution in [1.29, 1.82) is 0 Å². The molecule has 0 spiro atoms. The third-order valence-corrected chi connectivity index (χ3v) is 2.18. The van der Waals surface area contributed by atoms with Crippen molar-refractivity contribution in [3.8, 4) is 0 Å². The second-order valence-electron chi connectivity index (χ2n) is 3.41. The lowest BCUT2D eigenvalue weighted by atomic mass is 10.3. The summed E-state index contributed by atoms with van der Waals surface area (Å²) in [6.07, 6.45) is 3.19. The largest absolute Gasteiger partial charge is 0.411 e. The Morgan fingerprint density at radius 1 is 1.50 bits per heavy atom. The van der Waals surface area contributed by atoms with E-state index in [4.69, 9.17) is 4.43 Å². The van der Waals surface area contributed by atoms with Crippen LogP contribution in [0, 0.1) is 0 Å². The Morgan fingerprint density at radius 2 is 2.00 bits per heavy atom. The Hall–Kier alpha value is -0.0831. The van der Waals surface area contributed by atoms with Gasteiger partial charge in [0.05, 0.1) is 6.10 Å². The van der Waals surface area contributed by atoms with Gasteiger partial charge in [0.2, 0.25) is 0 Å². The van der Waals surface area contributed by atoms with E-state index in [-0.39, 0.29) is 6.10 Å². The van der Waals surface area contributed by atoms with Crippen molar-refractivity contribution in [1.82, 2.24) is 0 Å². The Labute approximate surface area is 65.2 Å². The van der Waals surface area contributed by atoms with Crippen LogP contribution in [0.15, 0.2) is 12.7 Å². The fourth-order valence-corrected chi connectivity index (χ4v) is 1.92. The van der Waals surface area contributed by atoms with Gasteiger partial charge in [-0.1, -0.05) is 13.0 Å². The van der Waals surface area contributed by atoms with Crippen LogP contribution < -0.4 is 0 Å². The van der Waals surface area contributed by atoms with Gasteiger partial charge in [-0.05, 0) is 26.1 Å². The Morgan fingerprint density at radius 3 is 2.10 bits per heavy atom. The van der Waals surface area contributed by atoms with Crippen molar-refractivity contribution in [3.63, 3.8) is 0 Å². The summed E-state index contributed by atoms with van der Waals surface area (Å²) in [6, 6.07) is 0. The molecule has 0 rings (SSSR count). The molecule has 0 aromatic rings. The molecular weight excluding hydrogens is 140 g/mol. The lowest BCUT2D eigenvalue weighted by Gasteiger charge is -2.22. The van der Waals surface area contributed by atoms with E-state index in [1.54, 1.807) is 0 Å². The summed E-state index contributed by atoms with van der Waals surface area (Å²) in [7, 11) is -1.33. The minimum absolute atomic E-state index is 0.270. The van der Waals surface area contributed by atoms with Crippen LogP contribution in [-0.4, -0.2) is 14.4 Å². The van der Waals surface area contributed by atoms with Crippen LogP contribution in [0.4, 0.5) is 0 Å². The van der Waals surface area contributed by atoms with Crippen LogP contribution in [0.25, 0.3) is 0 Å². The first-order valence-electron chi connectivity index (χ1n) is 3.80. The predicted octanol–water partition coefficient (Wildman–Crippen LogP) is 2.80. The van der Waals surface area contributed by atoms with E-state index in [0.717, 1.165) is 6.42 Å². The van der Waals surface area contributed by atoms with Crippen molar-refractivity contribution >= 4 is 8.32 Å². The molecular formula is C8H18OSi.